The Morgan fingerprint density at radius 2 is 2.25 bits per heavy atom. The van der Waals surface area contributed by atoms with E-state index in [2.05, 4.69) is 13.3 Å². The van der Waals surface area contributed by atoms with E-state index in [0.717, 1.165) is 5.92 Å². The fraction of sp³-hybridized carbons (Fsp3) is 0.857. The van der Waals surface area contributed by atoms with Crippen LogP contribution >= 0.6 is 0 Å². The summed E-state index contributed by atoms with van der Waals surface area (Å²) in [6, 6.07) is 0. The van der Waals surface area contributed by atoms with E-state index in [9.17, 15) is 0 Å². The van der Waals surface area contributed by atoms with Gasteiger partial charge in [0.25, 0.3) is 0 Å². The summed E-state index contributed by atoms with van der Waals surface area (Å²) >= 11 is 0. The zero-order valence-electron chi connectivity index (χ0n) is 5.98. The first-order valence-electron chi connectivity index (χ1n) is 3.21. The van der Waals surface area contributed by atoms with Crippen molar-refractivity contribution in [3.8, 4) is 0 Å². The molecule has 1 fully saturated rings. The zero-order chi connectivity index (χ0) is 5.11. The van der Waals surface area contributed by atoms with Gasteiger partial charge in [0.15, 0.2) is 0 Å². The topological polar surface area (TPSA) is 0 Å². The molecular weight excluding hydrogens is 123 g/mol. The van der Waals surface area contributed by atoms with Crippen molar-refractivity contribution in [1.82, 2.24) is 0 Å². The van der Waals surface area contributed by atoms with E-state index >= 15 is 0 Å². The fourth-order valence-corrected chi connectivity index (χ4v) is 1.13. The Bertz CT molecular complexity index is 46.3. The minimum atomic E-state index is 0. The van der Waals surface area contributed by atoms with Gasteiger partial charge < -0.3 is 6.42 Å². The monoisotopic (exact) mass is 136 g/mol. The van der Waals surface area contributed by atoms with Gasteiger partial charge in [-0.3, -0.25) is 0 Å². The molecule has 1 aliphatic carbocycles. The largest absolute Gasteiger partial charge is 1.00 e. The van der Waals surface area contributed by atoms with E-state index in [1.807, 2.05) is 0 Å². The molecule has 1 heteroatoms. The summed E-state index contributed by atoms with van der Waals surface area (Å²) < 4.78 is 0. The molecule has 1 atom stereocenters. The second kappa shape index (κ2) is 5.42. The predicted molar refractivity (Wildman–Crippen MR) is 31.9 cm³/mol. The Morgan fingerprint density at radius 1 is 1.50 bits per heavy atom. The van der Waals surface area contributed by atoms with Crippen LogP contribution in [0.3, 0.4) is 0 Å². The molecule has 0 heterocycles. The molecule has 0 aromatic heterocycles. The van der Waals surface area contributed by atoms with Gasteiger partial charge in [-0.2, -0.15) is 12.8 Å². The van der Waals surface area contributed by atoms with Crippen molar-refractivity contribution in [3.05, 3.63) is 6.42 Å². The summed E-state index contributed by atoms with van der Waals surface area (Å²) in [6.07, 6.45) is 8.02. The Labute approximate surface area is 94.8 Å². The summed E-state index contributed by atoms with van der Waals surface area (Å²) in [7, 11) is 0. The number of hydrogen-bond acceptors (Lipinski definition) is 0. The number of hydrogen-bond donors (Lipinski definition) is 0. The van der Waals surface area contributed by atoms with Crippen molar-refractivity contribution in [2.75, 3.05) is 0 Å². The summed E-state index contributed by atoms with van der Waals surface area (Å²) in [5.74, 6) is 0.980. The van der Waals surface area contributed by atoms with Gasteiger partial charge in [0.2, 0.25) is 0 Å². The standard InChI is InChI=1S/C7H13.K/c1-7-5-3-2-4-6-7;/h3,7H,2,4-6H2,1H3;/q-1;+1. The predicted octanol–water partition coefficient (Wildman–Crippen LogP) is -0.595. The molecule has 42 valence electrons. The first-order chi connectivity index (χ1) is 3.39. The van der Waals surface area contributed by atoms with Gasteiger partial charge in [0, 0.05) is 0 Å². The quantitative estimate of drug-likeness (QED) is 0.308. The first kappa shape index (κ1) is 9.64. The Kier molecular flexibility index (Phi) is 6.53. The summed E-state index contributed by atoms with van der Waals surface area (Å²) in [5.41, 5.74) is 0. The molecule has 0 aromatic rings. The van der Waals surface area contributed by atoms with Gasteiger partial charge in [-0.15, -0.1) is 0 Å². The van der Waals surface area contributed by atoms with Crippen LogP contribution in [0.4, 0.5) is 0 Å². The molecule has 0 nitrogen and oxygen atoms in total. The van der Waals surface area contributed by atoms with E-state index in [-0.39, 0.29) is 51.4 Å². The second-order valence-electron chi connectivity index (χ2n) is 2.56. The molecule has 1 rings (SSSR count). The maximum atomic E-state index is 2.41. The fourth-order valence-electron chi connectivity index (χ4n) is 1.13. The third kappa shape index (κ3) is 3.62. The molecule has 0 bridgehead atoms. The summed E-state index contributed by atoms with van der Waals surface area (Å²) in [4.78, 5) is 0. The maximum absolute atomic E-state index is 2.41. The average Bonchev–Trinajstić information content (AvgIpc) is 1.69. The Balaban J connectivity index is 0.000000490. The maximum Gasteiger partial charge on any atom is 1.00 e. The van der Waals surface area contributed by atoms with Crippen LogP contribution in [0.5, 0.6) is 0 Å². The van der Waals surface area contributed by atoms with Gasteiger partial charge in [0.1, 0.15) is 0 Å². The molecule has 0 amide bonds. The second-order valence-corrected chi connectivity index (χ2v) is 2.56. The summed E-state index contributed by atoms with van der Waals surface area (Å²) in [5, 5.41) is 0. The number of rotatable bonds is 0. The van der Waals surface area contributed by atoms with Gasteiger partial charge in [0.05, 0.1) is 0 Å². The van der Waals surface area contributed by atoms with Crippen LogP contribution in [0.1, 0.15) is 32.6 Å². The van der Waals surface area contributed by atoms with E-state index in [1.165, 1.54) is 25.7 Å². The van der Waals surface area contributed by atoms with Crippen molar-refractivity contribution in [3.63, 3.8) is 0 Å². The smallest absolute Gasteiger partial charge is 0.328 e. The summed E-state index contributed by atoms with van der Waals surface area (Å²) in [6.45, 7) is 2.33. The van der Waals surface area contributed by atoms with Crippen LogP contribution in [0.15, 0.2) is 0 Å². The first-order valence-corrected chi connectivity index (χ1v) is 3.21. The van der Waals surface area contributed by atoms with Crippen LogP contribution in [0.2, 0.25) is 0 Å². The van der Waals surface area contributed by atoms with Gasteiger partial charge in [-0.05, 0) is 0 Å². The van der Waals surface area contributed by atoms with Gasteiger partial charge >= 0.3 is 51.4 Å². The average molecular weight is 136 g/mol. The molecule has 0 radical (unpaired) electrons. The normalized spacial score (nSPS) is 28.9. The molecule has 0 saturated heterocycles. The van der Waals surface area contributed by atoms with E-state index in [1.54, 1.807) is 0 Å². The van der Waals surface area contributed by atoms with Crippen molar-refractivity contribution < 1.29 is 51.4 Å². The minimum absolute atomic E-state index is 0. The molecule has 0 aromatic carbocycles. The van der Waals surface area contributed by atoms with Gasteiger partial charge in [-0.1, -0.05) is 25.7 Å². The van der Waals surface area contributed by atoms with E-state index in [0.29, 0.717) is 0 Å². The molecule has 0 N–H and O–H groups in total. The Morgan fingerprint density at radius 3 is 2.50 bits per heavy atom. The van der Waals surface area contributed by atoms with Crippen molar-refractivity contribution in [1.29, 1.82) is 0 Å². The van der Waals surface area contributed by atoms with Crippen molar-refractivity contribution >= 4 is 0 Å². The third-order valence-corrected chi connectivity index (χ3v) is 1.67. The van der Waals surface area contributed by atoms with E-state index < -0.39 is 0 Å². The van der Waals surface area contributed by atoms with Crippen LogP contribution < -0.4 is 51.4 Å². The van der Waals surface area contributed by atoms with Gasteiger partial charge in [-0.25, -0.2) is 0 Å². The third-order valence-electron chi connectivity index (χ3n) is 1.67. The zero-order valence-corrected chi connectivity index (χ0v) is 9.11. The van der Waals surface area contributed by atoms with Crippen LogP contribution in [0.25, 0.3) is 0 Å². The van der Waals surface area contributed by atoms with Crippen LogP contribution in [-0.2, 0) is 0 Å². The molecule has 1 unspecified atom stereocenters. The van der Waals surface area contributed by atoms with E-state index in [4.69, 9.17) is 0 Å². The minimum Gasteiger partial charge on any atom is -0.328 e. The van der Waals surface area contributed by atoms with Crippen molar-refractivity contribution in [2.45, 2.75) is 32.6 Å². The van der Waals surface area contributed by atoms with Crippen molar-refractivity contribution in [2.24, 2.45) is 5.92 Å². The molecular formula is C7H13K. The molecule has 8 heavy (non-hydrogen) atoms. The molecule has 1 aliphatic rings. The molecule has 1 saturated carbocycles. The molecule has 0 spiro atoms. The SMILES string of the molecule is CC1C[CH-]CCC1.[K+]. The Hall–Kier alpha value is 1.64. The molecule has 0 aliphatic heterocycles. The van der Waals surface area contributed by atoms with Crippen LogP contribution in [0, 0.1) is 12.3 Å². The van der Waals surface area contributed by atoms with Crippen LogP contribution in [-0.4, -0.2) is 0 Å².